The highest BCUT2D eigenvalue weighted by Gasteiger charge is 2.33. The van der Waals surface area contributed by atoms with Gasteiger partial charge in [-0.3, -0.25) is 4.79 Å². The SMILES string of the molecule is CSC1(CNC(=O)c2csc(CCN)n2)CCCC1. The molecule has 2 rings (SSSR count). The van der Waals surface area contributed by atoms with E-state index in [1.54, 1.807) is 0 Å². The molecule has 0 aromatic carbocycles. The molecule has 1 aliphatic carbocycles. The van der Waals surface area contributed by atoms with Crippen LogP contribution < -0.4 is 11.1 Å². The first-order valence-corrected chi connectivity index (χ1v) is 8.77. The van der Waals surface area contributed by atoms with Crippen LogP contribution in [0.4, 0.5) is 0 Å². The van der Waals surface area contributed by atoms with Gasteiger partial charge in [0.05, 0.1) is 5.01 Å². The smallest absolute Gasteiger partial charge is 0.270 e. The van der Waals surface area contributed by atoms with Crippen LogP contribution in [0.15, 0.2) is 5.38 Å². The Labute approximate surface area is 122 Å². The third kappa shape index (κ3) is 3.70. The molecule has 4 nitrogen and oxygen atoms in total. The largest absolute Gasteiger partial charge is 0.349 e. The Bertz CT molecular complexity index is 427. The fraction of sp³-hybridized carbons (Fsp3) is 0.692. The summed E-state index contributed by atoms with van der Waals surface area (Å²) in [5.41, 5.74) is 6.02. The number of amides is 1. The zero-order valence-electron chi connectivity index (χ0n) is 11.3. The number of rotatable bonds is 6. The normalized spacial score (nSPS) is 17.6. The van der Waals surface area contributed by atoms with Crippen LogP contribution in [0.3, 0.4) is 0 Å². The minimum atomic E-state index is -0.0557. The lowest BCUT2D eigenvalue weighted by Crippen LogP contribution is -2.38. The van der Waals surface area contributed by atoms with E-state index in [0.717, 1.165) is 18.0 Å². The van der Waals surface area contributed by atoms with Crippen LogP contribution >= 0.6 is 23.1 Å². The van der Waals surface area contributed by atoms with Crippen molar-refractivity contribution in [1.29, 1.82) is 0 Å². The summed E-state index contributed by atoms with van der Waals surface area (Å²) in [6, 6.07) is 0. The first-order chi connectivity index (χ1) is 9.19. The minimum Gasteiger partial charge on any atom is -0.349 e. The van der Waals surface area contributed by atoms with Gasteiger partial charge in [0.2, 0.25) is 0 Å². The molecule has 106 valence electrons. The standard InChI is InChI=1S/C13H21N3OS2/c1-18-13(5-2-3-6-13)9-15-12(17)10-8-19-11(16-10)4-7-14/h8H,2-7,9,14H2,1H3,(H,15,17). The van der Waals surface area contributed by atoms with Gasteiger partial charge in [-0.2, -0.15) is 11.8 Å². The van der Waals surface area contributed by atoms with Crippen molar-refractivity contribution in [3.8, 4) is 0 Å². The third-order valence-electron chi connectivity index (χ3n) is 3.66. The van der Waals surface area contributed by atoms with Gasteiger partial charge in [0.15, 0.2) is 0 Å². The van der Waals surface area contributed by atoms with Gasteiger partial charge in [0.25, 0.3) is 5.91 Å². The summed E-state index contributed by atoms with van der Waals surface area (Å²) in [4.78, 5) is 16.4. The second-order valence-electron chi connectivity index (χ2n) is 4.94. The molecule has 3 N–H and O–H groups in total. The van der Waals surface area contributed by atoms with Gasteiger partial charge in [-0.25, -0.2) is 4.98 Å². The highest BCUT2D eigenvalue weighted by atomic mass is 32.2. The van der Waals surface area contributed by atoms with E-state index in [1.807, 2.05) is 17.1 Å². The lowest BCUT2D eigenvalue weighted by molar-refractivity contribution is 0.0945. The van der Waals surface area contributed by atoms with Crippen LogP contribution in [0.2, 0.25) is 0 Å². The van der Waals surface area contributed by atoms with Crippen LogP contribution in [0.5, 0.6) is 0 Å². The molecule has 1 heterocycles. The van der Waals surface area contributed by atoms with Crippen molar-refractivity contribution in [2.45, 2.75) is 36.9 Å². The van der Waals surface area contributed by atoms with Gasteiger partial charge in [0, 0.05) is 23.1 Å². The number of nitrogens with two attached hydrogens (primary N) is 1. The molecule has 0 spiro atoms. The lowest BCUT2D eigenvalue weighted by atomic mass is 10.1. The van der Waals surface area contributed by atoms with Gasteiger partial charge < -0.3 is 11.1 Å². The molecule has 1 aromatic heterocycles. The molecule has 0 saturated heterocycles. The summed E-state index contributed by atoms with van der Waals surface area (Å²) in [6.07, 6.45) is 7.82. The number of carbonyl (C=O) groups excluding carboxylic acids is 1. The molecule has 1 aromatic rings. The first-order valence-electron chi connectivity index (χ1n) is 6.67. The van der Waals surface area contributed by atoms with Crippen molar-refractivity contribution in [2.24, 2.45) is 5.73 Å². The first kappa shape index (κ1) is 14.8. The Morgan fingerprint density at radius 1 is 1.58 bits per heavy atom. The molecule has 1 fully saturated rings. The van der Waals surface area contributed by atoms with Crippen LogP contribution in [-0.4, -0.2) is 35.0 Å². The van der Waals surface area contributed by atoms with Crippen LogP contribution in [0.25, 0.3) is 0 Å². The van der Waals surface area contributed by atoms with E-state index in [2.05, 4.69) is 16.6 Å². The van der Waals surface area contributed by atoms with Crippen molar-refractivity contribution >= 4 is 29.0 Å². The Morgan fingerprint density at radius 3 is 2.95 bits per heavy atom. The van der Waals surface area contributed by atoms with Gasteiger partial charge in [-0.05, 0) is 25.6 Å². The monoisotopic (exact) mass is 299 g/mol. The molecule has 1 amide bonds. The van der Waals surface area contributed by atoms with E-state index >= 15 is 0 Å². The fourth-order valence-electron chi connectivity index (χ4n) is 2.46. The van der Waals surface area contributed by atoms with Crippen molar-refractivity contribution in [3.05, 3.63) is 16.1 Å². The second kappa shape index (κ2) is 6.72. The van der Waals surface area contributed by atoms with Crippen molar-refractivity contribution in [1.82, 2.24) is 10.3 Å². The highest BCUT2D eigenvalue weighted by molar-refractivity contribution is 8.00. The number of aromatic nitrogens is 1. The number of nitrogens with one attached hydrogen (secondary N) is 1. The maximum absolute atomic E-state index is 12.1. The number of nitrogens with zero attached hydrogens (tertiary/aromatic N) is 1. The Balaban J connectivity index is 1.89. The molecule has 1 aliphatic rings. The Kier molecular flexibility index (Phi) is 5.24. The fourth-order valence-corrected chi connectivity index (χ4v) is 4.17. The average Bonchev–Trinajstić information content (AvgIpc) is 3.06. The third-order valence-corrected chi connectivity index (χ3v) is 5.99. The van der Waals surface area contributed by atoms with E-state index in [9.17, 15) is 4.79 Å². The molecule has 6 heteroatoms. The van der Waals surface area contributed by atoms with Gasteiger partial charge >= 0.3 is 0 Å². The quantitative estimate of drug-likeness (QED) is 0.843. The highest BCUT2D eigenvalue weighted by Crippen LogP contribution is 2.39. The van der Waals surface area contributed by atoms with E-state index in [4.69, 9.17) is 5.73 Å². The molecule has 0 radical (unpaired) electrons. The van der Waals surface area contributed by atoms with Gasteiger partial charge in [-0.15, -0.1) is 11.3 Å². The predicted molar refractivity (Wildman–Crippen MR) is 81.9 cm³/mol. The number of hydrogen-bond donors (Lipinski definition) is 2. The average molecular weight is 299 g/mol. The number of thiazole rings is 1. The summed E-state index contributed by atoms with van der Waals surface area (Å²) < 4.78 is 0.242. The molecular formula is C13H21N3OS2. The summed E-state index contributed by atoms with van der Waals surface area (Å²) >= 11 is 3.39. The minimum absolute atomic E-state index is 0.0557. The molecule has 0 aliphatic heterocycles. The van der Waals surface area contributed by atoms with E-state index in [0.29, 0.717) is 12.2 Å². The molecule has 0 atom stereocenters. The molecule has 0 unspecified atom stereocenters. The summed E-state index contributed by atoms with van der Waals surface area (Å²) in [6.45, 7) is 1.32. The second-order valence-corrected chi connectivity index (χ2v) is 7.16. The van der Waals surface area contributed by atoms with Gasteiger partial charge in [-0.1, -0.05) is 12.8 Å². The maximum Gasteiger partial charge on any atom is 0.270 e. The number of carbonyl (C=O) groups is 1. The van der Waals surface area contributed by atoms with Crippen molar-refractivity contribution < 1.29 is 4.79 Å². The van der Waals surface area contributed by atoms with Gasteiger partial charge in [0.1, 0.15) is 5.69 Å². The lowest BCUT2D eigenvalue weighted by Gasteiger charge is -2.26. The predicted octanol–water partition coefficient (Wildman–Crippen LogP) is 2.05. The van der Waals surface area contributed by atoms with Crippen LogP contribution in [-0.2, 0) is 6.42 Å². The molecular weight excluding hydrogens is 278 g/mol. The Morgan fingerprint density at radius 2 is 2.32 bits per heavy atom. The summed E-state index contributed by atoms with van der Waals surface area (Å²) in [7, 11) is 0. The number of thioether (sulfide) groups is 1. The summed E-state index contributed by atoms with van der Waals surface area (Å²) in [5, 5.41) is 5.80. The zero-order chi connectivity index (χ0) is 13.7. The number of hydrogen-bond acceptors (Lipinski definition) is 5. The molecule has 19 heavy (non-hydrogen) atoms. The maximum atomic E-state index is 12.1. The molecule has 1 saturated carbocycles. The van der Waals surface area contributed by atoms with E-state index < -0.39 is 0 Å². The summed E-state index contributed by atoms with van der Waals surface area (Å²) in [5.74, 6) is -0.0557. The molecule has 0 bridgehead atoms. The van der Waals surface area contributed by atoms with Crippen molar-refractivity contribution in [2.75, 3.05) is 19.3 Å². The van der Waals surface area contributed by atoms with E-state index in [-0.39, 0.29) is 10.7 Å². The van der Waals surface area contributed by atoms with Crippen molar-refractivity contribution in [3.63, 3.8) is 0 Å². The Hall–Kier alpha value is -0.590. The zero-order valence-corrected chi connectivity index (χ0v) is 12.9. The van der Waals surface area contributed by atoms with Crippen LogP contribution in [0, 0.1) is 0 Å². The topological polar surface area (TPSA) is 68.0 Å². The van der Waals surface area contributed by atoms with E-state index in [1.165, 1.54) is 37.0 Å². The van der Waals surface area contributed by atoms with Crippen LogP contribution in [0.1, 0.15) is 41.2 Å².